The molecule has 0 bridgehead atoms. The molecule has 0 saturated carbocycles. The molecule has 3 heteroatoms. The van der Waals surface area contributed by atoms with E-state index in [1.54, 1.807) is 0 Å². The molecule has 0 radical (unpaired) electrons. The molecule has 0 aromatic heterocycles. The summed E-state index contributed by atoms with van der Waals surface area (Å²) in [5, 5.41) is 0. The molecule has 2 nitrogen and oxygen atoms in total. The van der Waals surface area contributed by atoms with Gasteiger partial charge in [0.1, 0.15) is 0 Å². The Hall–Kier alpha value is -0.0500. The molecule has 0 aliphatic rings. The second kappa shape index (κ2) is 4.75. The van der Waals surface area contributed by atoms with Crippen molar-refractivity contribution in [3.05, 3.63) is 0 Å². The van der Waals surface area contributed by atoms with Gasteiger partial charge in [-0.05, 0) is 12.3 Å². The summed E-state index contributed by atoms with van der Waals surface area (Å²) in [7, 11) is -2.22. The summed E-state index contributed by atoms with van der Waals surface area (Å²) in [4.78, 5) is 0. The highest BCUT2D eigenvalue weighted by molar-refractivity contribution is 7.91. The van der Waals surface area contributed by atoms with Crippen molar-refractivity contribution in [1.82, 2.24) is 0 Å². The lowest BCUT2D eigenvalue weighted by Gasteiger charge is -2.03. The topological polar surface area (TPSA) is 40.9 Å². The number of hydrogen-bond donors (Lipinski definition) is 1. The maximum absolute atomic E-state index is 10.9. The molecule has 1 atom stereocenters. The molecular weight excluding hydrogens is 158 g/mol. The van der Waals surface area contributed by atoms with Crippen LogP contribution in [-0.4, -0.2) is 16.2 Å². The largest absolute Gasteiger partial charge is 0.253 e. The third kappa shape index (κ3) is 9.95. The SMILES string of the molecule is CC(C)CCCCS(C)(=N)=O. The first-order chi connectivity index (χ1) is 4.92. The second-order valence-corrected chi connectivity index (χ2v) is 6.02. The zero-order valence-electron chi connectivity index (χ0n) is 7.72. The highest BCUT2D eigenvalue weighted by Crippen LogP contribution is 2.06. The summed E-state index contributed by atoms with van der Waals surface area (Å²) in [6, 6.07) is 0. The number of rotatable bonds is 5. The predicted molar refractivity (Wildman–Crippen MR) is 50.3 cm³/mol. The van der Waals surface area contributed by atoms with Crippen molar-refractivity contribution in [3.63, 3.8) is 0 Å². The molecule has 11 heavy (non-hydrogen) atoms. The summed E-state index contributed by atoms with van der Waals surface area (Å²) < 4.78 is 18.0. The molecule has 0 rings (SSSR count). The van der Waals surface area contributed by atoms with Gasteiger partial charge in [-0.3, -0.25) is 8.99 Å². The third-order valence-corrected chi connectivity index (χ3v) is 2.63. The van der Waals surface area contributed by atoms with E-state index in [0.717, 1.165) is 18.8 Å². The quantitative estimate of drug-likeness (QED) is 0.644. The van der Waals surface area contributed by atoms with Crippen LogP contribution < -0.4 is 0 Å². The van der Waals surface area contributed by atoms with E-state index in [2.05, 4.69) is 13.8 Å². The maximum Gasteiger partial charge on any atom is 0.0412 e. The summed E-state index contributed by atoms with van der Waals surface area (Å²) in [5.41, 5.74) is 0. The monoisotopic (exact) mass is 177 g/mol. The van der Waals surface area contributed by atoms with Crippen molar-refractivity contribution >= 4 is 9.73 Å². The van der Waals surface area contributed by atoms with Gasteiger partial charge in [-0.2, -0.15) is 0 Å². The molecule has 0 amide bonds. The van der Waals surface area contributed by atoms with Crippen molar-refractivity contribution in [2.75, 3.05) is 12.0 Å². The zero-order chi connectivity index (χ0) is 8.91. The molecule has 0 saturated heterocycles. The molecule has 0 aliphatic heterocycles. The molecular formula is C8H19NOS. The Morgan fingerprint density at radius 3 is 2.27 bits per heavy atom. The van der Waals surface area contributed by atoms with Crippen LogP contribution >= 0.6 is 0 Å². The summed E-state index contributed by atoms with van der Waals surface area (Å²) in [5.74, 6) is 1.30. The molecule has 68 valence electrons. The fourth-order valence-electron chi connectivity index (χ4n) is 0.930. The molecule has 0 aromatic carbocycles. The van der Waals surface area contributed by atoms with Gasteiger partial charge in [0, 0.05) is 21.7 Å². The average molecular weight is 177 g/mol. The van der Waals surface area contributed by atoms with Crippen LogP contribution in [0.3, 0.4) is 0 Å². The van der Waals surface area contributed by atoms with E-state index in [-0.39, 0.29) is 0 Å². The van der Waals surface area contributed by atoms with Crippen LogP contribution in [0.15, 0.2) is 0 Å². The van der Waals surface area contributed by atoms with Crippen LogP contribution in [0.2, 0.25) is 0 Å². The van der Waals surface area contributed by atoms with Crippen LogP contribution in [-0.2, 0) is 9.73 Å². The average Bonchev–Trinajstić information content (AvgIpc) is 1.78. The van der Waals surface area contributed by atoms with Crippen molar-refractivity contribution in [3.8, 4) is 0 Å². The fraction of sp³-hybridized carbons (Fsp3) is 1.00. The molecule has 0 spiro atoms. The number of unbranched alkanes of at least 4 members (excludes halogenated alkanes) is 1. The van der Waals surface area contributed by atoms with Crippen LogP contribution in [0.1, 0.15) is 33.1 Å². The Morgan fingerprint density at radius 1 is 1.36 bits per heavy atom. The van der Waals surface area contributed by atoms with E-state index in [4.69, 9.17) is 4.78 Å². The van der Waals surface area contributed by atoms with E-state index < -0.39 is 9.73 Å². The first-order valence-corrected chi connectivity index (χ1v) is 6.27. The molecule has 1 N–H and O–H groups in total. The summed E-state index contributed by atoms with van der Waals surface area (Å²) >= 11 is 0. The lowest BCUT2D eigenvalue weighted by Crippen LogP contribution is -2.01. The van der Waals surface area contributed by atoms with Gasteiger partial charge < -0.3 is 0 Å². The minimum atomic E-state index is -2.22. The van der Waals surface area contributed by atoms with Crippen molar-refractivity contribution in [2.24, 2.45) is 5.92 Å². The normalized spacial score (nSPS) is 16.7. The van der Waals surface area contributed by atoms with E-state index in [9.17, 15) is 4.21 Å². The molecule has 0 heterocycles. The van der Waals surface area contributed by atoms with Crippen molar-refractivity contribution in [2.45, 2.75) is 33.1 Å². The van der Waals surface area contributed by atoms with E-state index in [0.29, 0.717) is 5.75 Å². The first kappa shape index (κ1) is 11.0. The number of hydrogen-bond acceptors (Lipinski definition) is 2. The Labute approximate surface area is 70.4 Å². The molecule has 1 unspecified atom stereocenters. The van der Waals surface area contributed by atoms with Gasteiger partial charge in [0.05, 0.1) is 0 Å². The van der Waals surface area contributed by atoms with Gasteiger partial charge in [-0.1, -0.05) is 26.7 Å². The second-order valence-electron chi connectivity index (χ2n) is 3.60. The third-order valence-electron chi connectivity index (χ3n) is 1.57. The first-order valence-electron chi connectivity index (χ1n) is 4.13. The number of nitrogens with one attached hydrogen (secondary N) is 1. The minimum Gasteiger partial charge on any atom is -0.253 e. The van der Waals surface area contributed by atoms with Crippen LogP contribution in [0.4, 0.5) is 0 Å². The van der Waals surface area contributed by atoms with Gasteiger partial charge in [0.2, 0.25) is 0 Å². The van der Waals surface area contributed by atoms with Gasteiger partial charge in [0.15, 0.2) is 0 Å². The lowest BCUT2D eigenvalue weighted by atomic mass is 10.1. The zero-order valence-corrected chi connectivity index (χ0v) is 8.54. The van der Waals surface area contributed by atoms with Gasteiger partial charge in [-0.25, -0.2) is 0 Å². The van der Waals surface area contributed by atoms with E-state index >= 15 is 0 Å². The maximum atomic E-state index is 10.9. The van der Waals surface area contributed by atoms with Gasteiger partial charge in [-0.15, -0.1) is 0 Å². The Morgan fingerprint density at radius 2 is 1.91 bits per heavy atom. The molecule has 0 aromatic rings. The highest BCUT2D eigenvalue weighted by Gasteiger charge is 1.98. The highest BCUT2D eigenvalue weighted by atomic mass is 32.2. The van der Waals surface area contributed by atoms with Crippen molar-refractivity contribution in [1.29, 1.82) is 4.78 Å². The standard InChI is InChI=1S/C8H19NOS/c1-8(2)6-4-5-7-11(3,9)10/h8-9H,4-7H2,1-3H3. The Kier molecular flexibility index (Phi) is 4.73. The lowest BCUT2D eigenvalue weighted by molar-refractivity contribution is 0.549. The predicted octanol–water partition coefficient (Wildman–Crippen LogP) is 2.49. The van der Waals surface area contributed by atoms with Crippen LogP contribution in [0.25, 0.3) is 0 Å². The summed E-state index contributed by atoms with van der Waals surface area (Å²) in [6.45, 7) is 4.37. The summed E-state index contributed by atoms with van der Waals surface area (Å²) in [6.07, 6.45) is 4.76. The van der Waals surface area contributed by atoms with Gasteiger partial charge >= 0.3 is 0 Å². The van der Waals surface area contributed by atoms with Crippen LogP contribution in [0.5, 0.6) is 0 Å². The Balaban J connectivity index is 3.30. The van der Waals surface area contributed by atoms with Crippen molar-refractivity contribution < 1.29 is 4.21 Å². The fourth-order valence-corrected chi connectivity index (χ4v) is 1.69. The smallest absolute Gasteiger partial charge is 0.0412 e. The van der Waals surface area contributed by atoms with Crippen LogP contribution in [0, 0.1) is 10.7 Å². The Bertz CT molecular complexity index is 182. The minimum absolute atomic E-state index is 0.569. The van der Waals surface area contributed by atoms with Gasteiger partial charge in [0.25, 0.3) is 0 Å². The van der Waals surface area contributed by atoms with E-state index in [1.807, 2.05) is 0 Å². The van der Waals surface area contributed by atoms with E-state index in [1.165, 1.54) is 12.7 Å². The molecule has 0 aliphatic carbocycles. The molecule has 0 fully saturated rings.